The van der Waals surface area contributed by atoms with Crippen molar-refractivity contribution in [3.05, 3.63) is 53.9 Å². The molecule has 0 spiro atoms. The SMILES string of the molecule is CN(NC(=O)c1ccnc(C(F)(F)F)c1-c1ccccc1)C1CNC1. The minimum atomic E-state index is -4.66. The molecule has 1 amide bonds. The molecule has 132 valence electrons. The summed E-state index contributed by atoms with van der Waals surface area (Å²) in [5.74, 6) is -0.596. The van der Waals surface area contributed by atoms with Gasteiger partial charge < -0.3 is 5.32 Å². The van der Waals surface area contributed by atoms with E-state index in [9.17, 15) is 18.0 Å². The Labute approximate surface area is 142 Å². The number of rotatable bonds is 4. The summed E-state index contributed by atoms with van der Waals surface area (Å²) in [6.45, 7) is 1.43. The van der Waals surface area contributed by atoms with Crippen LogP contribution in [-0.4, -0.2) is 42.1 Å². The summed E-state index contributed by atoms with van der Waals surface area (Å²) in [5.41, 5.74) is 1.59. The normalized spacial score (nSPS) is 15.1. The van der Waals surface area contributed by atoms with Crippen LogP contribution in [0.5, 0.6) is 0 Å². The van der Waals surface area contributed by atoms with E-state index in [-0.39, 0.29) is 17.2 Å². The maximum absolute atomic E-state index is 13.4. The highest BCUT2D eigenvalue weighted by Crippen LogP contribution is 2.37. The number of hydrazine groups is 1. The molecule has 1 aliphatic heterocycles. The van der Waals surface area contributed by atoms with Crippen molar-refractivity contribution in [1.29, 1.82) is 0 Å². The lowest BCUT2D eigenvalue weighted by atomic mass is 9.97. The number of carbonyl (C=O) groups excluding carboxylic acids is 1. The average molecular weight is 350 g/mol. The summed E-state index contributed by atoms with van der Waals surface area (Å²) in [4.78, 5) is 16.1. The molecular formula is C17H17F3N4O. The fourth-order valence-corrected chi connectivity index (χ4v) is 2.62. The van der Waals surface area contributed by atoms with E-state index in [0.29, 0.717) is 18.7 Å². The van der Waals surface area contributed by atoms with Gasteiger partial charge in [0, 0.05) is 31.9 Å². The molecule has 0 aliphatic carbocycles. The van der Waals surface area contributed by atoms with Crippen LogP contribution in [0.25, 0.3) is 11.1 Å². The quantitative estimate of drug-likeness (QED) is 0.831. The predicted octanol–water partition coefficient (Wildman–Crippen LogP) is 2.32. The number of carbonyl (C=O) groups is 1. The molecule has 1 aromatic carbocycles. The van der Waals surface area contributed by atoms with Gasteiger partial charge in [0.15, 0.2) is 5.69 Å². The Balaban J connectivity index is 2.02. The van der Waals surface area contributed by atoms with Crippen LogP contribution in [-0.2, 0) is 6.18 Å². The Morgan fingerprint density at radius 2 is 1.92 bits per heavy atom. The second kappa shape index (κ2) is 6.81. The lowest BCUT2D eigenvalue weighted by Crippen LogP contribution is -2.60. The second-order valence-corrected chi connectivity index (χ2v) is 5.81. The summed E-state index contributed by atoms with van der Waals surface area (Å²) >= 11 is 0. The molecule has 2 N–H and O–H groups in total. The third-order valence-electron chi connectivity index (χ3n) is 4.11. The van der Waals surface area contributed by atoms with Gasteiger partial charge in [-0.2, -0.15) is 13.2 Å². The van der Waals surface area contributed by atoms with Crippen molar-refractivity contribution in [2.24, 2.45) is 0 Å². The first-order chi connectivity index (χ1) is 11.9. The molecule has 8 heteroatoms. The topological polar surface area (TPSA) is 57.3 Å². The van der Waals surface area contributed by atoms with Crippen LogP contribution in [0.3, 0.4) is 0 Å². The van der Waals surface area contributed by atoms with Gasteiger partial charge in [-0.3, -0.25) is 15.2 Å². The van der Waals surface area contributed by atoms with E-state index in [2.05, 4.69) is 15.7 Å². The number of hydrogen-bond acceptors (Lipinski definition) is 4. The first-order valence-electron chi connectivity index (χ1n) is 7.74. The van der Waals surface area contributed by atoms with Gasteiger partial charge in [0.05, 0.1) is 11.6 Å². The van der Waals surface area contributed by atoms with Crippen molar-refractivity contribution in [1.82, 2.24) is 20.7 Å². The van der Waals surface area contributed by atoms with E-state index >= 15 is 0 Å². The number of alkyl halides is 3. The fourth-order valence-electron chi connectivity index (χ4n) is 2.62. The molecule has 1 aliphatic rings. The van der Waals surface area contributed by atoms with Crippen molar-refractivity contribution >= 4 is 5.91 Å². The summed E-state index contributed by atoms with van der Waals surface area (Å²) in [6, 6.07) is 9.43. The molecule has 2 aromatic rings. The zero-order chi connectivity index (χ0) is 18.0. The highest BCUT2D eigenvalue weighted by Gasteiger charge is 2.37. The van der Waals surface area contributed by atoms with E-state index in [0.717, 1.165) is 6.20 Å². The molecule has 1 fully saturated rings. The van der Waals surface area contributed by atoms with Gasteiger partial charge in [-0.25, -0.2) is 5.01 Å². The number of hydrogen-bond donors (Lipinski definition) is 2. The molecule has 2 heterocycles. The van der Waals surface area contributed by atoms with E-state index in [1.807, 2.05) is 0 Å². The van der Waals surface area contributed by atoms with Crippen LogP contribution in [0.4, 0.5) is 13.2 Å². The maximum Gasteiger partial charge on any atom is 0.433 e. The van der Waals surface area contributed by atoms with Gasteiger partial charge in [0.25, 0.3) is 5.91 Å². The Kier molecular flexibility index (Phi) is 4.73. The van der Waals surface area contributed by atoms with Crippen LogP contribution in [0, 0.1) is 0 Å². The summed E-state index contributed by atoms with van der Waals surface area (Å²) < 4.78 is 40.3. The lowest BCUT2D eigenvalue weighted by molar-refractivity contribution is -0.140. The van der Waals surface area contributed by atoms with Crippen molar-refractivity contribution in [3.8, 4) is 11.1 Å². The molecule has 0 saturated carbocycles. The molecule has 1 saturated heterocycles. The number of likely N-dealkylation sites (N-methyl/N-ethyl adjacent to an activating group) is 1. The van der Waals surface area contributed by atoms with Crippen LogP contribution in [0.1, 0.15) is 16.1 Å². The summed E-state index contributed by atoms with van der Waals surface area (Å²) in [7, 11) is 1.69. The Bertz CT molecular complexity index is 760. The summed E-state index contributed by atoms with van der Waals surface area (Å²) in [5, 5.41) is 4.68. The van der Waals surface area contributed by atoms with Crippen LogP contribution in [0.15, 0.2) is 42.6 Å². The van der Waals surface area contributed by atoms with Gasteiger partial charge in [-0.15, -0.1) is 0 Å². The molecule has 3 rings (SSSR count). The van der Waals surface area contributed by atoms with Crippen LogP contribution in [0.2, 0.25) is 0 Å². The van der Waals surface area contributed by atoms with Gasteiger partial charge in [-0.1, -0.05) is 30.3 Å². The number of halogens is 3. The van der Waals surface area contributed by atoms with Gasteiger partial charge in [-0.05, 0) is 11.6 Å². The summed E-state index contributed by atoms with van der Waals surface area (Å²) in [6.07, 6.45) is -3.65. The van der Waals surface area contributed by atoms with E-state index in [1.165, 1.54) is 18.2 Å². The van der Waals surface area contributed by atoms with Crippen molar-refractivity contribution in [3.63, 3.8) is 0 Å². The molecule has 5 nitrogen and oxygen atoms in total. The maximum atomic E-state index is 13.4. The van der Waals surface area contributed by atoms with Gasteiger partial charge in [0.2, 0.25) is 0 Å². The highest BCUT2D eigenvalue weighted by atomic mass is 19.4. The molecule has 0 bridgehead atoms. The molecular weight excluding hydrogens is 333 g/mol. The monoisotopic (exact) mass is 350 g/mol. The zero-order valence-corrected chi connectivity index (χ0v) is 13.5. The predicted molar refractivity (Wildman–Crippen MR) is 86.6 cm³/mol. The largest absolute Gasteiger partial charge is 0.433 e. The third kappa shape index (κ3) is 3.64. The van der Waals surface area contributed by atoms with Crippen molar-refractivity contribution in [2.75, 3.05) is 20.1 Å². The molecule has 25 heavy (non-hydrogen) atoms. The zero-order valence-electron chi connectivity index (χ0n) is 13.5. The standard InChI is InChI=1S/C17H17F3N4O/c1-24(12-9-21-10-12)23-16(25)13-7-8-22-15(17(18,19)20)14(13)11-5-3-2-4-6-11/h2-8,12,21H,9-10H2,1H3,(H,23,25). The van der Waals surface area contributed by atoms with E-state index in [4.69, 9.17) is 0 Å². The smallest absolute Gasteiger partial charge is 0.313 e. The molecule has 0 atom stereocenters. The van der Waals surface area contributed by atoms with Gasteiger partial charge >= 0.3 is 6.18 Å². The third-order valence-corrected chi connectivity index (χ3v) is 4.11. The average Bonchev–Trinajstić information content (AvgIpc) is 2.52. The Morgan fingerprint density at radius 1 is 1.24 bits per heavy atom. The fraction of sp³-hybridized carbons (Fsp3) is 0.294. The van der Waals surface area contributed by atoms with Crippen LogP contribution >= 0.6 is 0 Å². The number of amides is 1. The molecule has 1 aromatic heterocycles. The Hall–Kier alpha value is -2.45. The first kappa shape index (κ1) is 17.4. The van der Waals surface area contributed by atoms with E-state index in [1.54, 1.807) is 30.3 Å². The van der Waals surface area contributed by atoms with Crippen molar-refractivity contribution in [2.45, 2.75) is 12.2 Å². The van der Waals surface area contributed by atoms with Crippen LogP contribution < -0.4 is 10.7 Å². The second-order valence-electron chi connectivity index (χ2n) is 5.81. The first-order valence-corrected chi connectivity index (χ1v) is 7.74. The number of aromatic nitrogens is 1. The number of nitrogens with zero attached hydrogens (tertiary/aromatic N) is 2. The minimum absolute atomic E-state index is 0.0624. The number of benzene rings is 1. The molecule has 0 radical (unpaired) electrons. The number of nitrogens with one attached hydrogen (secondary N) is 2. The lowest BCUT2D eigenvalue weighted by Gasteiger charge is -2.35. The van der Waals surface area contributed by atoms with E-state index < -0.39 is 17.8 Å². The number of pyridine rings is 1. The minimum Gasteiger partial charge on any atom is -0.313 e. The highest BCUT2D eigenvalue weighted by molar-refractivity contribution is 6.01. The van der Waals surface area contributed by atoms with Crippen molar-refractivity contribution < 1.29 is 18.0 Å². The van der Waals surface area contributed by atoms with Gasteiger partial charge in [0.1, 0.15) is 0 Å². The Morgan fingerprint density at radius 3 is 2.48 bits per heavy atom. The molecule has 0 unspecified atom stereocenters.